The predicted octanol–water partition coefficient (Wildman–Crippen LogP) is 3.85. The summed E-state index contributed by atoms with van der Waals surface area (Å²) in [5.74, 6) is 0.909. The zero-order valence-electron chi connectivity index (χ0n) is 15.4. The number of nitrogens with zero attached hydrogens (tertiary/aromatic N) is 1. The Morgan fingerprint density at radius 1 is 1.35 bits per heavy atom. The summed E-state index contributed by atoms with van der Waals surface area (Å²) in [4.78, 5) is 26.5. The minimum atomic E-state index is -0.362. The zero-order chi connectivity index (χ0) is 18.7. The molecule has 6 heteroatoms. The van der Waals surface area contributed by atoms with Gasteiger partial charge in [0.1, 0.15) is 0 Å². The van der Waals surface area contributed by atoms with Gasteiger partial charge < -0.3 is 14.4 Å². The molecule has 1 fully saturated rings. The number of halogens is 1. The van der Waals surface area contributed by atoms with Gasteiger partial charge in [0.25, 0.3) is 0 Å². The molecule has 142 valence electrons. The summed E-state index contributed by atoms with van der Waals surface area (Å²) in [6.07, 6.45) is 8.41. The lowest BCUT2D eigenvalue weighted by Crippen LogP contribution is -2.34. The highest BCUT2D eigenvalue weighted by atomic mass is 79.9. The molecule has 0 aromatic carbocycles. The first-order valence-corrected chi connectivity index (χ1v) is 10.4. The second-order valence-electron chi connectivity index (χ2n) is 6.98. The second kappa shape index (κ2) is 8.42. The van der Waals surface area contributed by atoms with E-state index in [9.17, 15) is 9.59 Å². The second-order valence-corrected chi connectivity index (χ2v) is 7.96. The Morgan fingerprint density at radius 3 is 2.77 bits per heavy atom. The van der Waals surface area contributed by atoms with Gasteiger partial charge in [0.2, 0.25) is 0 Å². The number of unbranched alkanes of at least 4 members (excludes halogenated alkanes) is 1. The summed E-state index contributed by atoms with van der Waals surface area (Å²) < 4.78 is 11.4. The van der Waals surface area contributed by atoms with Gasteiger partial charge in [0, 0.05) is 24.7 Å². The Morgan fingerprint density at radius 2 is 2.12 bits per heavy atom. The largest absolute Gasteiger partial charge is 0.490 e. The van der Waals surface area contributed by atoms with E-state index < -0.39 is 0 Å². The lowest BCUT2D eigenvalue weighted by molar-refractivity contribution is -0.140. The Bertz CT molecular complexity index is 675. The number of ketones is 1. The van der Waals surface area contributed by atoms with Crippen molar-refractivity contribution in [3.05, 3.63) is 34.9 Å². The zero-order valence-corrected chi connectivity index (χ0v) is 17.0. The molecular formula is C20H26BrNO4. The molecule has 0 aromatic heterocycles. The number of ether oxygens (including phenoxy) is 2. The standard InChI is InChI=1S/C20H26BrNO4/c1-3-5-8-26-19-15-10-16(21)17(23)9-14(15)12-22(11-13-6-7-13)18(19)20(24)25-4-2/h10,12-13,16H,3-9,11H2,1-2H3. The van der Waals surface area contributed by atoms with E-state index in [1.807, 2.05) is 17.2 Å². The Kier molecular flexibility index (Phi) is 6.22. The molecule has 1 atom stereocenters. The minimum absolute atomic E-state index is 0.124. The SMILES string of the molecule is CCCCOC1=C(C(=O)OCC)N(CC2CC2)C=C2CC(=O)C(Br)C=C21. The van der Waals surface area contributed by atoms with Crippen molar-refractivity contribution < 1.29 is 19.1 Å². The fraction of sp³-hybridized carbons (Fsp3) is 0.600. The molecule has 0 amide bonds. The van der Waals surface area contributed by atoms with Gasteiger partial charge in [-0.2, -0.15) is 0 Å². The maximum absolute atomic E-state index is 12.7. The van der Waals surface area contributed by atoms with Crippen LogP contribution in [0.3, 0.4) is 0 Å². The number of alkyl halides is 1. The lowest BCUT2D eigenvalue weighted by atomic mass is 9.89. The summed E-state index contributed by atoms with van der Waals surface area (Å²) in [5, 5.41) is 0. The van der Waals surface area contributed by atoms with Crippen LogP contribution in [0.5, 0.6) is 0 Å². The number of carbonyl (C=O) groups is 2. The van der Waals surface area contributed by atoms with Gasteiger partial charge >= 0.3 is 5.97 Å². The molecule has 0 spiro atoms. The fourth-order valence-corrected chi connectivity index (χ4v) is 3.60. The third-order valence-corrected chi connectivity index (χ3v) is 5.53. The predicted molar refractivity (Wildman–Crippen MR) is 102 cm³/mol. The number of Topliss-reactive ketones (excluding diaryl/α,β-unsaturated/α-hetero) is 1. The van der Waals surface area contributed by atoms with Crippen molar-refractivity contribution in [2.45, 2.75) is 50.8 Å². The van der Waals surface area contributed by atoms with Crippen molar-refractivity contribution in [3.63, 3.8) is 0 Å². The molecule has 1 saturated carbocycles. The van der Waals surface area contributed by atoms with E-state index >= 15 is 0 Å². The van der Waals surface area contributed by atoms with E-state index in [1.165, 1.54) is 12.8 Å². The van der Waals surface area contributed by atoms with Gasteiger partial charge in [-0.25, -0.2) is 4.79 Å². The first-order chi connectivity index (χ1) is 12.5. The van der Waals surface area contributed by atoms with Crippen LogP contribution < -0.4 is 0 Å². The van der Waals surface area contributed by atoms with Crippen LogP contribution in [0, 0.1) is 5.92 Å². The number of hydrogen-bond acceptors (Lipinski definition) is 5. The molecular weight excluding hydrogens is 398 g/mol. The molecule has 1 unspecified atom stereocenters. The molecule has 0 bridgehead atoms. The van der Waals surface area contributed by atoms with Crippen LogP contribution in [0.25, 0.3) is 0 Å². The average molecular weight is 424 g/mol. The van der Waals surface area contributed by atoms with Gasteiger partial charge in [-0.1, -0.05) is 35.4 Å². The summed E-state index contributed by atoms with van der Waals surface area (Å²) in [5.41, 5.74) is 2.24. The molecule has 0 saturated heterocycles. The van der Waals surface area contributed by atoms with Crippen molar-refractivity contribution in [2.24, 2.45) is 5.92 Å². The highest BCUT2D eigenvalue weighted by Crippen LogP contribution is 2.40. The van der Waals surface area contributed by atoms with E-state index in [-0.39, 0.29) is 16.6 Å². The van der Waals surface area contributed by atoms with E-state index in [2.05, 4.69) is 22.9 Å². The highest BCUT2D eigenvalue weighted by molar-refractivity contribution is 9.10. The third-order valence-electron chi connectivity index (χ3n) is 4.75. The van der Waals surface area contributed by atoms with E-state index in [1.54, 1.807) is 6.92 Å². The van der Waals surface area contributed by atoms with Gasteiger partial charge in [-0.15, -0.1) is 0 Å². The van der Waals surface area contributed by atoms with Crippen molar-refractivity contribution in [1.82, 2.24) is 4.90 Å². The number of allylic oxidation sites excluding steroid dienone is 2. The summed E-state index contributed by atoms with van der Waals surface area (Å²) in [7, 11) is 0. The van der Waals surface area contributed by atoms with Crippen LogP contribution in [-0.4, -0.2) is 41.2 Å². The smallest absolute Gasteiger partial charge is 0.358 e. The average Bonchev–Trinajstić information content (AvgIpc) is 3.41. The topological polar surface area (TPSA) is 55.8 Å². The van der Waals surface area contributed by atoms with Crippen LogP contribution >= 0.6 is 15.9 Å². The number of carbonyl (C=O) groups excluding carboxylic acids is 2. The first-order valence-electron chi connectivity index (χ1n) is 9.46. The fourth-order valence-electron chi connectivity index (χ4n) is 3.17. The summed E-state index contributed by atoms with van der Waals surface area (Å²) in [6, 6.07) is 0. The minimum Gasteiger partial charge on any atom is -0.490 e. The normalized spacial score (nSPS) is 22.7. The van der Waals surface area contributed by atoms with Crippen LogP contribution in [-0.2, 0) is 19.1 Å². The number of esters is 1. The van der Waals surface area contributed by atoms with Crippen molar-refractivity contribution in [1.29, 1.82) is 0 Å². The van der Waals surface area contributed by atoms with Gasteiger partial charge in [0.15, 0.2) is 17.2 Å². The third kappa shape index (κ3) is 4.22. The Labute approximate surface area is 163 Å². The van der Waals surface area contributed by atoms with Gasteiger partial charge in [-0.05, 0) is 37.7 Å². The van der Waals surface area contributed by atoms with Gasteiger partial charge in [0.05, 0.1) is 18.0 Å². The molecule has 3 aliphatic rings. The molecule has 2 aliphatic carbocycles. The summed E-state index contributed by atoms with van der Waals surface area (Å²) in [6.45, 7) is 5.52. The van der Waals surface area contributed by atoms with Crippen LogP contribution in [0.1, 0.15) is 46.0 Å². The number of fused-ring (bicyclic) bond motifs is 1. The van der Waals surface area contributed by atoms with Crippen LogP contribution in [0.4, 0.5) is 0 Å². The van der Waals surface area contributed by atoms with E-state index in [0.717, 1.165) is 30.5 Å². The lowest BCUT2D eigenvalue weighted by Gasteiger charge is -2.34. The number of rotatable bonds is 8. The molecule has 0 N–H and O–H groups in total. The van der Waals surface area contributed by atoms with Crippen LogP contribution in [0.2, 0.25) is 0 Å². The Hall–Kier alpha value is -1.56. The molecule has 3 rings (SSSR count). The quantitative estimate of drug-likeness (QED) is 0.337. The van der Waals surface area contributed by atoms with E-state index in [4.69, 9.17) is 9.47 Å². The molecule has 1 heterocycles. The molecule has 26 heavy (non-hydrogen) atoms. The van der Waals surface area contributed by atoms with Gasteiger partial charge in [-0.3, -0.25) is 4.79 Å². The first kappa shape index (κ1) is 19.2. The van der Waals surface area contributed by atoms with Crippen molar-refractivity contribution >= 4 is 27.7 Å². The Balaban J connectivity index is 2.02. The molecule has 0 aromatic rings. The van der Waals surface area contributed by atoms with E-state index in [0.29, 0.717) is 37.0 Å². The van der Waals surface area contributed by atoms with Crippen LogP contribution in [0.15, 0.2) is 34.9 Å². The highest BCUT2D eigenvalue weighted by Gasteiger charge is 2.38. The molecule has 0 radical (unpaired) electrons. The monoisotopic (exact) mass is 423 g/mol. The van der Waals surface area contributed by atoms with Crippen molar-refractivity contribution in [2.75, 3.05) is 19.8 Å². The maximum atomic E-state index is 12.7. The number of hydrogen-bond donors (Lipinski definition) is 0. The maximum Gasteiger partial charge on any atom is 0.358 e. The molecule has 5 nitrogen and oxygen atoms in total. The summed E-state index contributed by atoms with van der Waals surface area (Å²) >= 11 is 3.42. The molecule has 1 aliphatic heterocycles. The van der Waals surface area contributed by atoms with Crippen molar-refractivity contribution in [3.8, 4) is 0 Å².